The van der Waals surface area contributed by atoms with E-state index in [9.17, 15) is 18.0 Å². The van der Waals surface area contributed by atoms with Crippen molar-refractivity contribution in [1.29, 1.82) is 0 Å². The first-order valence-electron chi connectivity index (χ1n) is 10.2. The third-order valence-corrected chi connectivity index (χ3v) is 5.45. The minimum Gasteiger partial charge on any atom is -0.463 e. The number of alkyl halides is 3. The van der Waals surface area contributed by atoms with E-state index in [0.29, 0.717) is 22.7 Å². The number of amides is 1. The fourth-order valence-electron chi connectivity index (χ4n) is 3.46. The zero-order valence-corrected chi connectivity index (χ0v) is 18.4. The summed E-state index contributed by atoms with van der Waals surface area (Å²) in [6.07, 6.45) is -3.12. The first-order chi connectivity index (χ1) is 16.8. The van der Waals surface area contributed by atoms with Crippen molar-refractivity contribution in [2.75, 3.05) is 5.32 Å². The standard InChI is InChI=1S/C24H15ClF3N5O2/c25-16-4-1-2-5-18(16)33-19(13-21(32-33)24(26,27)28)14-7-9-15(10-8-14)23(34)29-22-12-17(30-31-22)20-6-3-11-35-20/h1-13H,(H2,29,30,31,34). The Morgan fingerprint density at radius 1 is 1.03 bits per heavy atom. The van der Waals surface area contributed by atoms with Crippen LogP contribution in [0.2, 0.25) is 5.02 Å². The van der Waals surface area contributed by atoms with Crippen LogP contribution >= 0.6 is 11.6 Å². The minimum atomic E-state index is -4.64. The molecule has 0 aliphatic rings. The van der Waals surface area contributed by atoms with Crippen LogP contribution in [0.4, 0.5) is 19.0 Å². The number of halogens is 4. The molecule has 3 heterocycles. The number of hydrogen-bond donors (Lipinski definition) is 2. The van der Waals surface area contributed by atoms with E-state index in [1.54, 1.807) is 42.5 Å². The van der Waals surface area contributed by atoms with E-state index in [-0.39, 0.29) is 22.1 Å². The molecular weight excluding hydrogens is 483 g/mol. The first-order valence-corrected chi connectivity index (χ1v) is 10.6. The summed E-state index contributed by atoms with van der Waals surface area (Å²) in [6.45, 7) is 0. The normalized spacial score (nSPS) is 11.5. The number of carbonyl (C=O) groups excluding carboxylic acids is 1. The Bertz CT molecular complexity index is 1490. The van der Waals surface area contributed by atoms with Gasteiger partial charge in [-0.2, -0.15) is 23.4 Å². The molecule has 0 aliphatic heterocycles. The fraction of sp³-hybridized carbons (Fsp3) is 0.0417. The first kappa shape index (κ1) is 22.5. The number of H-pyrrole nitrogens is 1. The molecule has 1 amide bonds. The molecule has 7 nitrogen and oxygen atoms in total. The molecule has 0 atom stereocenters. The van der Waals surface area contributed by atoms with Crippen LogP contribution in [-0.4, -0.2) is 25.9 Å². The number of carbonyl (C=O) groups is 1. The highest BCUT2D eigenvalue weighted by molar-refractivity contribution is 6.32. The summed E-state index contributed by atoms with van der Waals surface area (Å²) in [5, 5.41) is 13.4. The highest BCUT2D eigenvalue weighted by Crippen LogP contribution is 2.34. The van der Waals surface area contributed by atoms with Gasteiger partial charge in [-0.05, 0) is 42.5 Å². The van der Waals surface area contributed by atoms with E-state index in [2.05, 4.69) is 20.6 Å². The lowest BCUT2D eigenvalue weighted by molar-refractivity contribution is -0.141. The minimum absolute atomic E-state index is 0.174. The summed E-state index contributed by atoms with van der Waals surface area (Å²) in [5.74, 6) is 0.414. The van der Waals surface area contributed by atoms with Gasteiger partial charge in [0, 0.05) is 17.2 Å². The Balaban J connectivity index is 1.42. The van der Waals surface area contributed by atoms with Crippen molar-refractivity contribution in [3.05, 3.63) is 95.3 Å². The molecule has 2 N–H and O–H groups in total. The number of aromatic amines is 1. The van der Waals surface area contributed by atoms with Crippen LogP contribution in [0.25, 0.3) is 28.4 Å². The molecule has 0 saturated heterocycles. The zero-order chi connectivity index (χ0) is 24.6. The molecule has 0 radical (unpaired) electrons. The van der Waals surface area contributed by atoms with Crippen molar-refractivity contribution in [3.8, 4) is 28.4 Å². The highest BCUT2D eigenvalue weighted by Gasteiger charge is 2.35. The maximum atomic E-state index is 13.4. The average Bonchev–Trinajstić information content (AvgIpc) is 3.59. The Hall–Kier alpha value is -4.31. The van der Waals surface area contributed by atoms with Gasteiger partial charge in [0.05, 0.1) is 22.7 Å². The van der Waals surface area contributed by atoms with Crippen LogP contribution in [0, 0.1) is 0 Å². The number of nitrogens with zero attached hydrogens (tertiary/aromatic N) is 3. The number of aromatic nitrogens is 4. The topological polar surface area (TPSA) is 88.7 Å². The number of para-hydroxylation sites is 1. The molecule has 35 heavy (non-hydrogen) atoms. The third kappa shape index (κ3) is 4.56. The second kappa shape index (κ2) is 8.80. The van der Waals surface area contributed by atoms with Gasteiger partial charge in [0.1, 0.15) is 5.69 Å². The van der Waals surface area contributed by atoms with Crippen molar-refractivity contribution in [3.63, 3.8) is 0 Å². The number of furan rings is 1. The molecular formula is C24H15ClF3N5O2. The van der Waals surface area contributed by atoms with Crippen LogP contribution in [0.3, 0.4) is 0 Å². The van der Waals surface area contributed by atoms with Gasteiger partial charge in [-0.15, -0.1) is 0 Å². The fourth-order valence-corrected chi connectivity index (χ4v) is 3.67. The second-order valence-electron chi connectivity index (χ2n) is 7.45. The van der Waals surface area contributed by atoms with Crippen LogP contribution in [0.15, 0.2) is 83.5 Å². The molecule has 2 aromatic carbocycles. The number of hydrogen-bond acceptors (Lipinski definition) is 4. The molecule has 0 saturated carbocycles. The summed E-state index contributed by atoms with van der Waals surface area (Å²) in [7, 11) is 0. The van der Waals surface area contributed by atoms with E-state index in [4.69, 9.17) is 16.0 Å². The molecule has 0 aliphatic carbocycles. The lowest BCUT2D eigenvalue weighted by Gasteiger charge is -2.10. The third-order valence-electron chi connectivity index (χ3n) is 5.13. The van der Waals surface area contributed by atoms with Gasteiger partial charge in [-0.3, -0.25) is 9.89 Å². The zero-order valence-electron chi connectivity index (χ0n) is 17.7. The SMILES string of the molecule is O=C(Nc1cc(-c2ccco2)[nH]n1)c1ccc(-c2cc(C(F)(F)F)nn2-c2ccccc2Cl)cc1. The van der Waals surface area contributed by atoms with Gasteiger partial charge >= 0.3 is 6.18 Å². The van der Waals surface area contributed by atoms with Crippen molar-refractivity contribution in [1.82, 2.24) is 20.0 Å². The van der Waals surface area contributed by atoms with E-state index in [0.717, 1.165) is 10.7 Å². The molecule has 0 fully saturated rings. The Morgan fingerprint density at radius 3 is 2.49 bits per heavy atom. The molecule has 11 heteroatoms. The summed E-state index contributed by atoms with van der Waals surface area (Å²) >= 11 is 6.21. The van der Waals surface area contributed by atoms with E-state index >= 15 is 0 Å². The average molecular weight is 498 g/mol. The monoisotopic (exact) mass is 497 g/mol. The number of benzene rings is 2. The lowest BCUT2D eigenvalue weighted by Crippen LogP contribution is -2.12. The number of rotatable bonds is 5. The van der Waals surface area contributed by atoms with Gasteiger partial charge in [0.25, 0.3) is 5.91 Å². The van der Waals surface area contributed by atoms with Gasteiger partial charge < -0.3 is 9.73 Å². The molecule has 0 bridgehead atoms. The van der Waals surface area contributed by atoms with E-state index in [1.807, 2.05) is 0 Å². The highest BCUT2D eigenvalue weighted by atomic mass is 35.5. The Morgan fingerprint density at radius 2 is 1.80 bits per heavy atom. The van der Waals surface area contributed by atoms with Crippen LogP contribution < -0.4 is 5.32 Å². The Labute approximate surface area is 201 Å². The predicted molar refractivity (Wildman–Crippen MR) is 123 cm³/mol. The lowest BCUT2D eigenvalue weighted by atomic mass is 10.1. The smallest absolute Gasteiger partial charge is 0.435 e. The van der Waals surface area contributed by atoms with Crippen molar-refractivity contribution in [2.45, 2.75) is 6.18 Å². The molecule has 5 aromatic rings. The maximum absolute atomic E-state index is 13.4. The van der Waals surface area contributed by atoms with Gasteiger partial charge in [0.2, 0.25) is 0 Å². The molecule has 0 spiro atoms. The summed E-state index contributed by atoms with van der Waals surface area (Å²) in [5.41, 5.74) is 0.717. The Kier molecular flexibility index (Phi) is 5.65. The quantitative estimate of drug-likeness (QED) is 0.292. The second-order valence-corrected chi connectivity index (χ2v) is 7.86. The molecule has 5 rings (SSSR count). The van der Waals surface area contributed by atoms with Crippen LogP contribution in [0.1, 0.15) is 16.1 Å². The summed E-state index contributed by atoms with van der Waals surface area (Å²) < 4.78 is 46.6. The van der Waals surface area contributed by atoms with Gasteiger partial charge in [-0.25, -0.2) is 4.68 Å². The molecule has 176 valence electrons. The van der Waals surface area contributed by atoms with E-state index < -0.39 is 17.8 Å². The van der Waals surface area contributed by atoms with Gasteiger partial charge in [-0.1, -0.05) is 35.9 Å². The number of nitrogens with one attached hydrogen (secondary N) is 2. The van der Waals surface area contributed by atoms with Crippen molar-refractivity contribution >= 4 is 23.3 Å². The van der Waals surface area contributed by atoms with Gasteiger partial charge in [0.15, 0.2) is 17.3 Å². The summed E-state index contributed by atoms with van der Waals surface area (Å²) in [6, 6.07) is 18.6. The van der Waals surface area contributed by atoms with Crippen molar-refractivity contribution in [2.24, 2.45) is 0 Å². The predicted octanol–water partition coefficient (Wildman–Crippen LogP) is 6.45. The maximum Gasteiger partial charge on any atom is 0.435 e. The molecule has 3 aromatic heterocycles. The van der Waals surface area contributed by atoms with Crippen molar-refractivity contribution < 1.29 is 22.4 Å². The largest absolute Gasteiger partial charge is 0.463 e. The summed E-state index contributed by atoms with van der Waals surface area (Å²) in [4.78, 5) is 12.7. The van der Waals surface area contributed by atoms with Crippen LogP contribution in [0.5, 0.6) is 0 Å². The molecule has 0 unspecified atom stereocenters. The van der Waals surface area contributed by atoms with E-state index in [1.165, 1.54) is 30.5 Å². The van der Waals surface area contributed by atoms with Crippen LogP contribution in [-0.2, 0) is 6.18 Å². The number of anilines is 1.